The number of likely N-dealkylation sites (N-methyl/N-ethyl adjacent to an activating group) is 1. The predicted molar refractivity (Wildman–Crippen MR) is 444 cm³/mol. The van der Waals surface area contributed by atoms with Crippen LogP contribution >= 0.6 is 0 Å². The van der Waals surface area contributed by atoms with Gasteiger partial charge in [0.2, 0.25) is 0 Å². The second-order valence-electron chi connectivity index (χ2n) is 31.5. The topological polar surface area (TPSA) is 111 Å². The van der Waals surface area contributed by atoms with Crippen LogP contribution in [0.3, 0.4) is 0 Å². The quantitative estimate of drug-likeness (QED) is 0.0195. The summed E-state index contributed by atoms with van der Waals surface area (Å²) in [5.74, 6) is -2.25. The van der Waals surface area contributed by atoms with Crippen molar-refractivity contribution in [1.82, 2.24) is 0 Å². The Morgan fingerprint density at radius 3 is 0.835 bits per heavy atom. The molecule has 0 spiro atoms. The van der Waals surface area contributed by atoms with Gasteiger partial charge in [0.1, 0.15) is 13.2 Å². The molecule has 600 valence electrons. The molecule has 0 heterocycles. The van der Waals surface area contributed by atoms with Crippen LogP contribution in [0.1, 0.15) is 438 Å². The summed E-state index contributed by atoms with van der Waals surface area (Å²) in [6.07, 6.45) is 113. The van der Waals surface area contributed by atoms with E-state index < -0.39 is 24.3 Å². The zero-order valence-electron chi connectivity index (χ0n) is 68.9. The van der Waals surface area contributed by atoms with Crippen molar-refractivity contribution in [1.29, 1.82) is 0 Å². The molecule has 0 amide bonds. The molecule has 0 aromatic heterocycles. The van der Waals surface area contributed by atoms with E-state index >= 15 is 0 Å². The van der Waals surface area contributed by atoms with Gasteiger partial charge in [-0.1, -0.05) is 420 Å². The number of carboxylic acid groups (broad SMARTS) is 1. The van der Waals surface area contributed by atoms with Crippen LogP contribution in [0.4, 0.5) is 0 Å². The van der Waals surface area contributed by atoms with Gasteiger partial charge >= 0.3 is 11.9 Å². The number of carbonyl (C=O) groups is 3. The highest BCUT2D eigenvalue weighted by molar-refractivity contribution is 5.70. The summed E-state index contributed by atoms with van der Waals surface area (Å²) in [7, 11) is 5.96. The Morgan fingerprint density at radius 1 is 0.301 bits per heavy atom. The lowest BCUT2D eigenvalue weighted by molar-refractivity contribution is -0.870. The average molecular weight is 1440 g/mol. The van der Waals surface area contributed by atoms with Crippen molar-refractivity contribution < 1.29 is 42.9 Å². The Balaban J connectivity index is 3.92. The van der Waals surface area contributed by atoms with E-state index in [1.807, 2.05) is 21.1 Å². The number of hydrogen-bond donors (Lipinski definition) is 0. The number of carbonyl (C=O) groups excluding carboxylic acids is 3. The number of unbranched alkanes of at least 4 members (excludes halogenated alkanes) is 55. The molecule has 0 radical (unpaired) electrons. The first kappa shape index (κ1) is 99.5. The summed E-state index contributed by atoms with van der Waals surface area (Å²) >= 11 is 0. The molecule has 0 saturated carbocycles. The number of allylic oxidation sites excluding steroid dienone is 14. The first-order chi connectivity index (χ1) is 50.6. The molecular weight excluding hydrogens is 1270 g/mol. The Bertz CT molecular complexity index is 1980. The first-order valence-corrected chi connectivity index (χ1v) is 44.7. The standard InChI is InChI=1S/C94H171NO8/c1-6-8-10-12-14-16-18-20-22-24-26-28-30-32-34-36-38-40-42-44-45-46-47-49-51-53-55-57-59-61-63-65-67-69-71-73-75-77-79-81-83-85-92(97)103-90(89-102-94(93(98)99)100-87-86-95(3,4)5)88-101-91(96)84-82-80-78-76-74-72-70-68-66-64-62-60-58-56-54-52-50-48-43-41-39-37-35-33-31-29-27-25-23-21-19-17-15-13-11-9-7-2/h8,10,14,16,20,22,25-28,32,34,38,40,90,94H,6-7,9,11-13,15,17-19,21,23-24,29-31,33,35-37,39,41-89H2,1-5H3/b10-8-,16-14-,22-20-,27-25-,28-26-,34-32-,40-38-. The van der Waals surface area contributed by atoms with Crippen molar-refractivity contribution in [2.24, 2.45) is 0 Å². The molecule has 0 aliphatic heterocycles. The predicted octanol–water partition coefficient (Wildman–Crippen LogP) is 27.9. The molecule has 0 saturated heterocycles. The molecule has 0 bridgehead atoms. The summed E-state index contributed by atoms with van der Waals surface area (Å²) in [5, 5.41) is 11.9. The average Bonchev–Trinajstić information content (AvgIpc) is 1.01. The molecular formula is C94H171NO8. The van der Waals surface area contributed by atoms with Gasteiger partial charge < -0.3 is 33.3 Å². The number of nitrogens with zero attached hydrogens (tertiary/aromatic N) is 1. The van der Waals surface area contributed by atoms with E-state index in [4.69, 9.17) is 18.9 Å². The second kappa shape index (κ2) is 84.1. The van der Waals surface area contributed by atoms with E-state index in [1.54, 1.807) is 0 Å². The SMILES string of the molecule is CC/C=C\C/C=C\C/C=C\C/C=C\C/C=C\C/C=C\CCCCCCCCCCCCCCCCCCCCCCCCC(=O)OC(COC(=O)CCCCCCCCCCCCCCCCCCCCCCCCCCC/C=C\CCCCCCCCCC)COC(OCC[N+](C)(C)C)C(=O)[O-]. The lowest BCUT2D eigenvalue weighted by Crippen LogP contribution is -2.44. The van der Waals surface area contributed by atoms with E-state index in [9.17, 15) is 19.5 Å². The van der Waals surface area contributed by atoms with E-state index in [-0.39, 0.29) is 32.2 Å². The molecule has 0 fully saturated rings. The van der Waals surface area contributed by atoms with Gasteiger partial charge in [0, 0.05) is 12.8 Å². The zero-order chi connectivity index (χ0) is 74.6. The van der Waals surface area contributed by atoms with Crippen molar-refractivity contribution in [2.45, 2.75) is 450 Å². The zero-order valence-corrected chi connectivity index (χ0v) is 68.9. The van der Waals surface area contributed by atoms with Gasteiger partial charge in [-0.3, -0.25) is 9.59 Å². The third kappa shape index (κ3) is 85.6. The summed E-state index contributed by atoms with van der Waals surface area (Å²) in [5.41, 5.74) is 0. The van der Waals surface area contributed by atoms with Gasteiger partial charge in [0.15, 0.2) is 12.4 Å². The minimum Gasteiger partial charge on any atom is -0.545 e. The van der Waals surface area contributed by atoms with Crippen LogP contribution in [0.25, 0.3) is 0 Å². The molecule has 0 aliphatic carbocycles. The monoisotopic (exact) mass is 1440 g/mol. The smallest absolute Gasteiger partial charge is 0.306 e. The summed E-state index contributed by atoms with van der Waals surface area (Å²) < 4.78 is 22.9. The van der Waals surface area contributed by atoms with Crippen molar-refractivity contribution >= 4 is 17.9 Å². The Labute approximate surface area is 640 Å². The largest absolute Gasteiger partial charge is 0.545 e. The fourth-order valence-corrected chi connectivity index (χ4v) is 13.4. The molecule has 0 aliphatic rings. The number of aliphatic carboxylic acids is 1. The van der Waals surface area contributed by atoms with E-state index in [1.165, 1.54) is 334 Å². The fourth-order valence-electron chi connectivity index (χ4n) is 13.4. The summed E-state index contributed by atoms with van der Waals surface area (Å²) in [6, 6.07) is 0. The van der Waals surface area contributed by atoms with E-state index in [2.05, 4.69) is 98.9 Å². The van der Waals surface area contributed by atoms with Gasteiger partial charge in [-0.2, -0.15) is 0 Å². The maximum absolute atomic E-state index is 13.0. The number of hydrogen-bond acceptors (Lipinski definition) is 8. The summed E-state index contributed by atoms with van der Waals surface area (Å²) in [6.45, 7) is 4.70. The molecule has 0 aromatic carbocycles. The molecule has 0 aromatic rings. The maximum atomic E-state index is 13.0. The number of carboxylic acids is 1. The lowest BCUT2D eigenvalue weighted by atomic mass is 10.0. The minimum atomic E-state index is -1.62. The lowest BCUT2D eigenvalue weighted by Gasteiger charge is -2.26. The molecule has 2 atom stereocenters. The minimum absolute atomic E-state index is 0.149. The van der Waals surface area contributed by atoms with Crippen LogP contribution in [0.15, 0.2) is 85.1 Å². The van der Waals surface area contributed by atoms with Gasteiger partial charge in [0.05, 0.1) is 40.3 Å². The fraction of sp³-hybridized carbons (Fsp3) is 0.819. The van der Waals surface area contributed by atoms with Gasteiger partial charge in [-0.25, -0.2) is 0 Å². The number of rotatable bonds is 84. The van der Waals surface area contributed by atoms with Crippen molar-refractivity contribution in [3.05, 3.63) is 85.1 Å². The van der Waals surface area contributed by atoms with E-state index in [0.717, 1.165) is 70.6 Å². The molecule has 0 rings (SSSR count). The third-order valence-corrected chi connectivity index (χ3v) is 20.1. The van der Waals surface area contributed by atoms with Crippen LogP contribution in [-0.4, -0.2) is 82.3 Å². The molecule has 9 heteroatoms. The van der Waals surface area contributed by atoms with Crippen molar-refractivity contribution in [2.75, 3.05) is 47.5 Å². The van der Waals surface area contributed by atoms with Crippen LogP contribution < -0.4 is 5.11 Å². The van der Waals surface area contributed by atoms with Crippen molar-refractivity contribution in [3.8, 4) is 0 Å². The maximum Gasteiger partial charge on any atom is 0.306 e. The van der Waals surface area contributed by atoms with Gasteiger partial charge in [0.25, 0.3) is 0 Å². The molecule has 2 unspecified atom stereocenters. The highest BCUT2D eigenvalue weighted by atomic mass is 16.7. The summed E-state index contributed by atoms with van der Waals surface area (Å²) in [4.78, 5) is 37.7. The third-order valence-electron chi connectivity index (χ3n) is 20.1. The molecule has 103 heavy (non-hydrogen) atoms. The van der Waals surface area contributed by atoms with Gasteiger partial charge in [-0.05, 0) is 89.9 Å². The highest BCUT2D eigenvalue weighted by Gasteiger charge is 2.22. The van der Waals surface area contributed by atoms with Crippen LogP contribution in [-0.2, 0) is 33.3 Å². The Kier molecular flexibility index (Phi) is 81.2. The van der Waals surface area contributed by atoms with Crippen molar-refractivity contribution in [3.63, 3.8) is 0 Å². The van der Waals surface area contributed by atoms with Crippen LogP contribution in [0.2, 0.25) is 0 Å². The Morgan fingerprint density at radius 2 is 0.553 bits per heavy atom. The number of quaternary nitrogens is 1. The van der Waals surface area contributed by atoms with E-state index in [0.29, 0.717) is 23.9 Å². The van der Waals surface area contributed by atoms with Crippen LogP contribution in [0.5, 0.6) is 0 Å². The molecule has 0 N–H and O–H groups in total. The van der Waals surface area contributed by atoms with Crippen LogP contribution in [0, 0.1) is 0 Å². The number of esters is 2. The first-order valence-electron chi connectivity index (χ1n) is 44.7. The second-order valence-corrected chi connectivity index (χ2v) is 31.5. The van der Waals surface area contributed by atoms with Gasteiger partial charge in [-0.15, -0.1) is 0 Å². The highest BCUT2D eigenvalue weighted by Crippen LogP contribution is 2.20. The Hall–Kier alpha value is -3.53. The normalized spacial score (nSPS) is 13.0. The molecule has 9 nitrogen and oxygen atoms in total. The number of ether oxygens (including phenoxy) is 4.